The molecular formula is C18H32ClN5O2S. The molecule has 0 radical (unpaired) electrons. The molecule has 7 nitrogen and oxygen atoms in total. The second kappa shape index (κ2) is 14.9. The van der Waals surface area contributed by atoms with Crippen LogP contribution in [0.2, 0.25) is 5.28 Å². The minimum Gasteiger partial charge on any atom is -0.480 e. The van der Waals surface area contributed by atoms with E-state index in [1.165, 1.54) is 57.8 Å². The molecule has 0 aromatic carbocycles. The fraction of sp³-hybridized carbons (Fsp3) is 0.778. The van der Waals surface area contributed by atoms with Crippen LogP contribution in [-0.4, -0.2) is 44.4 Å². The van der Waals surface area contributed by atoms with Gasteiger partial charge in [-0.05, 0) is 18.0 Å². The van der Waals surface area contributed by atoms with Crippen LogP contribution in [0.4, 0.5) is 5.95 Å². The number of nitrogens with two attached hydrogens (primary N) is 1. The molecule has 0 aliphatic rings. The predicted octanol–water partition coefficient (Wildman–Crippen LogP) is 4.36. The van der Waals surface area contributed by atoms with E-state index in [-0.39, 0.29) is 11.0 Å². The quantitative estimate of drug-likeness (QED) is 0.268. The molecule has 0 saturated heterocycles. The highest BCUT2D eigenvalue weighted by Gasteiger charge is 2.13. The maximum Gasteiger partial charge on any atom is 0.321 e. The summed E-state index contributed by atoms with van der Waals surface area (Å²) in [5.74, 6) is -0.465. The topological polar surface area (TPSA) is 114 Å². The molecule has 0 spiro atoms. The third-order valence-corrected chi connectivity index (χ3v) is 5.25. The standard InChI is InChI=1S/C18H32ClN5O2S/c1-2-3-4-5-6-7-8-9-10-11-12-21-17-22-16(19)23-18(24-17)27-13-14(20)15(25)26/h14H,2-13,20H2,1H3,(H,25,26)(H,21,22,23,24)/t14-/m0/s1. The van der Waals surface area contributed by atoms with Gasteiger partial charge in [-0.3, -0.25) is 4.79 Å². The van der Waals surface area contributed by atoms with Crippen LogP contribution in [0, 0.1) is 0 Å². The smallest absolute Gasteiger partial charge is 0.321 e. The Hall–Kier alpha value is -1.12. The molecule has 1 rings (SSSR count). The van der Waals surface area contributed by atoms with Crippen LogP contribution in [-0.2, 0) is 4.79 Å². The number of unbranched alkanes of at least 4 members (excludes halogenated alkanes) is 9. The van der Waals surface area contributed by atoms with E-state index in [1.54, 1.807) is 0 Å². The zero-order valence-electron chi connectivity index (χ0n) is 16.1. The molecule has 1 atom stereocenters. The average Bonchev–Trinajstić information content (AvgIpc) is 2.63. The van der Waals surface area contributed by atoms with Crippen molar-refractivity contribution >= 4 is 35.3 Å². The molecule has 4 N–H and O–H groups in total. The van der Waals surface area contributed by atoms with Gasteiger partial charge in [0, 0.05) is 12.3 Å². The number of carboxylic acid groups (broad SMARTS) is 1. The van der Waals surface area contributed by atoms with Gasteiger partial charge in [0.05, 0.1) is 0 Å². The lowest BCUT2D eigenvalue weighted by Crippen LogP contribution is -2.32. The van der Waals surface area contributed by atoms with E-state index in [0.717, 1.165) is 24.7 Å². The molecule has 1 aromatic heterocycles. The molecule has 1 heterocycles. The molecule has 0 aliphatic heterocycles. The minimum atomic E-state index is -1.05. The maximum atomic E-state index is 10.8. The van der Waals surface area contributed by atoms with Crippen LogP contribution < -0.4 is 11.1 Å². The van der Waals surface area contributed by atoms with E-state index < -0.39 is 12.0 Å². The zero-order valence-corrected chi connectivity index (χ0v) is 17.7. The summed E-state index contributed by atoms with van der Waals surface area (Å²) in [6, 6.07) is -0.964. The lowest BCUT2D eigenvalue weighted by Gasteiger charge is -2.08. The molecule has 27 heavy (non-hydrogen) atoms. The number of nitrogens with one attached hydrogen (secondary N) is 1. The van der Waals surface area contributed by atoms with Crippen LogP contribution in [0.5, 0.6) is 0 Å². The second-order valence-electron chi connectivity index (χ2n) is 6.58. The number of rotatable bonds is 16. The van der Waals surface area contributed by atoms with Gasteiger partial charge >= 0.3 is 5.97 Å². The van der Waals surface area contributed by atoms with Gasteiger partial charge in [-0.1, -0.05) is 76.5 Å². The Morgan fingerprint density at radius 2 is 1.67 bits per heavy atom. The number of carbonyl (C=O) groups is 1. The predicted molar refractivity (Wildman–Crippen MR) is 112 cm³/mol. The largest absolute Gasteiger partial charge is 0.480 e. The first-order valence-electron chi connectivity index (χ1n) is 9.79. The number of thioether (sulfide) groups is 1. The Labute approximate surface area is 171 Å². The van der Waals surface area contributed by atoms with Crippen LogP contribution in [0.25, 0.3) is 0 Å². The number of aromatic nitrogens is 3. The highest BCUT2D eigenvalue weighted by atomic mass is 35.5. The van der Waals surface area contributed by atoms with Crippen LogP contribution in [0.15, 0.2) is 5.16 Å². The van der Waals surface area contributed by atoms with Gasteiger partial charge in [-0.15, -0.1) is 0 Å². The Kier molecular flexibility index (Phi) is 13.2. The van der Waals surface area contributed by atoms with E-state index >= 15 is 0 Å². The zero-order chi connectivity index (χ0) is 19.9. The van der Waals surface area contributed by atoms with Crippen molar-refractivity contribution in [1.82, 2.24) is 15.0 Å². The molecule has 0 amide bonds. The molecule has 0 fully saturated rings. The summed E-state index contributed by atoms with van der Waals surface area (Å²) in [5.41, 5.74) is 5.48. The van der Waals surface area contributed by atoms with Gasteiger partial charge in [-0.25, -0.2) is 0 Å². The first-order chi connectivity index (χ1) is 13.0. The Morgan fingerprint density at radius 1 is 1.07 bits per heavy atom. The van der Waals surface area contributed by atoms with Gasteiger partial charge in [0.25, 0.3) is 0 Å². The minimum absolute atomic E-state index is 0.0852. The van der Waals surface area contributed by atoms with E-state index in [2.05, 4.69) is 27.2 Å². The number of nitrogens with zero attached hydrogens (tertiary/aromatic N) is 3. The Morgan fingerprint density at radius 3 is 2.26 bits per heavy atom. The number of hydrogen-bond donors (Lipinski definition) is 3. The van der Waals surface area contributed by atoms with Crippen LogP contribution >= 0.6 is 23.4 Å². The fourth-order valence-electron chi connectivity index (χ4n) is 2.52. The SMILES string of the molecule is CCCCCCCCCCCCNc1nc(Cl)nc(SC[C@H](N)C(=O)O)n1. The summed E-state index contributed by atoms with van der Waals surface area (Å²) in [6.07, 6.45) is 12.9. The number of halogens is 1. The van der Waals surface area contributed by atoms with Crippen molar-refractivity contribution in [3.05, 3.63) is 5.28 Å². The van der Waals surface area contributed by atoms with Crippen molar-refractivity contribution in [1.29, 1.82) is 0 Å². The normalized spacial score (nSPS) is 12.1. The highest BCUT2D eigenvalue weighted by Crippen LogP contribution is 2.17. The maximum absolute atomic E-state index is 10.8. The third-order valence-electron chi connectivity index (χ3n) is 4.11. The summed E-state index contributed by atoms with van der Waals surface area (Å²) < 4.78 is 0. The van der Waals surface area contributed by atoms with E-state index in [9.17, 15) is 4.79 Å². The molecule has 0 unspecified atom stereocenters. The summed E-state index contributed by atoms with van der Waals surface area (Å²) in [5, 5.41) is 12.4. The lowest BCUT2D eigenvalue weighted by atomic mass is 10.1. The molecule has 1 aromatic rings. The number of aliphatic carboxylic acids is 1. The molecular weight excluding hydrogens is 386 g/mol. The van der Waals surface area contributed by atoms with Crippen molar-refractivity contribution < 1.29 is 9.90 Å². The van der Waals surface area contributed by atoms with E-state index in [0.29, 0.717) is 11.1 Å². The molecule has 0 saturated carbocycles. The first kappa shape index (κ1) is 23.9. The van der Waals surface area contributed by atoms with Crippen LogP contribution in [0.3, 0.4) is 0 Å². The monoisotopic (exact) mass is 417 g/mol. The van der Waals surface area contributed by atoms with E-state index in [1.807, 2.05) is 0 Å². The molecule has 154 valence electrons. The first-order valence-corrected chi connectivity index (χ1v) is 11.2. The van der Waals surface area contributed by atoms with Crippen molar-refractivity contribution in [3.63, 3.8) is 0 Å². The van der Waals surface area contributed by atoms with Gasteiger partial charge in [0.1, 0.15) is 6.04 Å². The molecule has 9 heteroatoms. The Bertz CT molecular complexity index is 550. The number of hydrogen-bond acceptors (Lipinski definition) is 7. The summed E-state index contributed by atoms with van der Waals surface area (Å²) >= 11 is 7.06. The lowest BCUT2D eigenvalue weighted by molar-refractivity contribution is -0.137. The fourth-order valence-corrected chi connectivity index (χ4v) is 3.51. The highest BCUT2D eigenvalue weighted by molar-refractivity contribution is 7.99. The summed E-state index contributed by atoms with van der Waals surface area (Å²) in [7, 11) is 0. The van der Waals surface area contributed by atoms with Gasteiger partial charge in [0.15, 0.2) is 5.16 Å². The van der Waals surface area contributed by atoms with Gasteiger partial charge in [-0.2, -0.15) is 15.0 Å². The summed E-state index contributed by atoms with van der Waals surface area (Å²) in [4.78, 5) is 23.0. The molecule has 0 aliphatic carbocycles. The van der Waals surface area contributed by atoms with Gasteiger partial charge in [0.2, 0.25) is 11.2 Å². The Balaban J connectivity index is 2.16. The number of anilines is 1. The number of carboxylic acids is 1. The van der Waals surface area contributed by atoms with Crippen molar-refractivity contribution in [2.24, 2.45) is 5.73 Å². The molecule has 0 bridgehead atoms. The van der Waals surface area contributed by atoms with Crippen molar-refractivity contribution in [2.75, 3.05) is 17.6 Å². The van der Waals surface area contributed by atoms with Crippen LogP contribution in [0.1, 0.15) is 71.1 Å². The van der Waals surface area contributed by atoms with Gasteiger partial charge < -0.3 is 16.2 Å². The second-order valence-corrected chi connectivity index (χ2v) is 7.90. The average molecular weight is 418 g/mol. The van der Waals surface area contributed by atoms with Crippen molar-refractivity contribution in [3.8, 4) is 0 Å². The van der Waals surface area contributed by atoms with Crippen molar-refractivity contribution in [2.45, 2.75) is 82.3 Å². The van der Waals surface area contributed by atoms with E-state index in [4.69, 9.17) is 22.4 Å². The summed E-state index contributed by atoms with van der Waals surface area (Å²) in [6.45, 7) is 3.02. The third kappa shape index (κ3) is 12.0.